The Bertz CT molecular complexity index is 423. The number of hydrogen-bond donors (Lipinski definition) is 0. The van der Waals surface area contributed by atoms with Crippen LogP contribution in [0.15, 0.2) is 41.0 Å². The summed E-state index contributed by atoms with van der Waals surface area (Å²) in [6, 6.07) is 9.20. The minimum Gasteiger partial charge on any atom is -0.431 e. The number of furan rings is 1. The maximum absolute atomic E-state index is 5.81. The highest BCUT2D eigenvalue weighted by atomic mass is 35.5. The van der Waals surface area contributed by atoms with Gasteiger partial charge in [-0.1, -0.05) is 41.4 Å². The van der Waals surface area contributed by atoms with Crippen LogP contribution in [0.2, 0.25) is 10.0 Å². The van der Waals surface area contributed by atoms with Gasteiger partial charge in [-0.15, -0.1) is 0 Å². The Kier molecular flexibility index (Phi) is 2.66. The van der Waals surface area contributed by atoms with Gasteiger partial charge in [-0.05, 0) is 12.1 Å². The second-order valence-corrected chi connectivity index (χ2v) is 3.39. The average Bonchev–Trinajstić information content (AvgIpc) is 2.52. The van der Waals surface area contributed by atoms with Gasteiger partial charge in [-0.25, -0.2) is 0 Å². The van der Waals surface area contributed by atoms with Gasteiger partial charge in [0.2, 0.25) is 0 Å². The molecule has 4 heteroatoms. The summed E-state index contributed by atoms with van der Waals surface area (Å²) in [6.45, 7) is 0. The quantitative estimate of drug-likeness (QED) is 0.762. The monoisotopic (exact) mass is 228 g/mol. The highest BCUT2D eigenvalue weighted by Crippen LogP contribution is 2.36. The smallest absolute Gasteiger partial charge is 0.310 e. The molecule has 2 rings (SSSR count). The Morgan fingerprint density at radius 1 is 1.07 bits per heavy atom. The Balaban J connectivity index is 2.23. The molecular weight excluding hydrogens is 223 g/mol. The zero-order valence-electron chi connectivity index (χ0n) is 7.04. The zero-order chi connectivity index (χ0) is 9.97. The van der Waals surface area contributed by atoms with E-state index in [1.54, 1.807) is 12.1 Å². The summed E-state index contributed by atoms with van der Waals surface area (Å²) in [4.78, 5) is 0. The van der Waals surface area contributed by atoms with Gasteiger partial charge in [-0.2, -0.15) is 0 Å². The molecule has 0 saturated carbocycles. The van der Waals surface area contributed by atoms with Crippen molar-refractivity contribution in [2.75, 3.05) is 0 Å². The summed E-state index contributed by atoms with van der Waals surface area (Å²) in [7, 11) is 0. The minimum atomic E-state index is 0.211. The van der Waals surface area contributed by atoms with Crippen molar-refractivity contribution in [2.24, 2.45) is 0 Å². The SMILES string of the molecule is Clc1coc(Oc2ccccc2)c1Cl. The van der Waals surface area contributed by atoms with Gasteiger partial charge in [0.15, 0.2) is 0 Å². The maximum atomic E-state index is 5.81. The molecule has 2 aromatic rings. The van der Waals surface area contributed by atoms with E-state index in [1.165, 1.54) is 6.26 Å². The van der Waals surface area contributed by atoms with Crippen LogP contribution in [0.5, 0.6) is 11.7 Å². The number of hydrogen-bond acceptors (Lipinski definition) is 2. The highest BCUT2D eigenvalue weighted by Gasteiger charge is 2.11. The lowest BCUT2D eigenvalue weighted by molar-refractivity contribution is 0.347. The molecule has 0 N–H and O–H groups in total. The summed E-state index contributed by atoms with van der Waals surface area (Å²) in [6.07, 6.45) is 1.34. The molecule has 0 atom stereocenters. The van der Waals surface area contributed by atoms with Gasteiger partial charge in [0.25, 0.3) is 0 Å². The van der Waals surface area contributed by atoms with Crippen molar-refractivity contribution >= 4 is 23.2 Å². The first-order chi connectivity index (χ1) is 6.77. The fourth-order valence-corrected chi connectivity index (χ4v) is 1.22. The average molecular weight is 229 g/mol. The van der Waals surface area contributed by atoms with E-state index < -0.39 is 0 Å². The lowest BCUT2D eigenvalue weighted by atomic mass is 10.3. The molecule has 0 aliphatic carbocycles. The third-order valence-corrected chi connectivity index (χ3v) is 2.34. The molecule has 2 nitrogen and oxygen atoms in total. The summed E-state index contributed by atoms with van der Waals surface area (Å²) < 4.78 is 10.4. The maximum Gasteiger partial charge on any atom is 0.310 e. The molecule has 0 aliphatic heterocycles. The van der Waals surface area contributed by atoms with Crippen LogP contribution in [0.3, 0.4) is 0 Å². The topological polar surface area (TPSA) is 22.4 Å². The Labute approximate surface area is 91.0 Å². The molecule has 0 saturated heterocycles. The molecule has 0 fully saturated rings. The standard InChI is InChI=1S/C10H6Cl2O2/c11-8-6-13-10(9(8)12)14-7-4-2-1-3-5-7/h1-6H. The van der Waals surface area contributed by atoms with Crippen molar-refractivity contribution in [1.29, 1.82) is 0 Å². The van der Waals surface area contributed by atoms with Crippen molar-refractivity contribution in [1.82, 2.24) is 0 Å². The van der Waals surface area contributed by atoms with Crippen molar-refractivity contribution in [3.8, 4) is 11.7 Å². The molecule has 0 unspecified atom stereocenters. The van der Waals surface area contributed by atoms with Gasteiger partial charge < -0.3 is 9.15 Å². The van der Waals surface area contributed by atoms with Gasteiger partial charge in [0, 0.05) is 0 Å². The first-order valence-corrected chi connectivity index (χ1v) is 4.68. The molecule has 0 spiro atoms. The molecule has 0 aliphatic rings. The van der Waals surface area contributed by atoms with Gasteiger partial charge in [0.1, 0.15) is 22.1 Å². The molecule has 0 bridgehead atoms. The van der Waals surface area contributed by atoms with Crippen molar-refractivity contribution in [2.45, 2.75) is 0 Å². The summed E-state index contributed by atoms with van der Waals surface area (Å²) in [5, 5.41) is 0.633. The largest absolute Gasteiger partial charge is 0.431 e. The fraction of sp³-hybridized carbons (Fsp3) is 0. The Morgan fingerprint density at radius 2 is 1.79 bits per heavy atom. The first kappa shape index (κ1) is 9.44. The van der Waals surface area contributed by atoms with E-state index >= 15 is 0 Å². The third kappa shape index (κ3) is 1.86. The van der Waals surface area contributed by atoms with E-state index in [1.807, 2.05) is 18.2 Å². The van der Waals surface area contributed by atoms with Gasteiger partial charge in [0.05, 0.1) is 0 Å². The molecule has 1 aromatic heterocycles. The van der Waals surface area contributed by atoms with Gasteiger partial charge >= 0.3 is 5.95 Å². The number of para-hydroxylation sites is 1. The first-order valence-electron chi connectivity index (χ1n) is 3.93. The normalized spacial score (nSPS) is 10.1. The van der Waals surface area contributed by atoms with Crippen LogP contribution in [0.1, 0.15) is 0 Å². The summed E-state index contributed by atoms with van der Waals surface area (Å²) in [5.41, 5.74) is 0. The molecule has 1 heterocycles. The van der Waals surface area contributed by atoms with Gasteiger partial charge in [-0.3, -0.25) is 0 Å². The summed E-state index contributed by atoms with van der Waals surface area (Å²) >= 11 is 11.5. The molecule has 1 aromatic carbocycles. The molecule has 0 radical (unpaired) electrons. The van der Waals surface area contributed by atoms with Crippen LogP contribution in [0.4, 0.5) is 0 Å². The van der Waals surface area contributed by atoms with Crippen LogP contribution < -0.4 is 4.74 Å². The molecule has 0 amide bonds. The van der Waals surface area contributed by atoms with E-state index in [9.17, 15) is 0 Å². The zero-order valence-corrected chi connectivity index (χ0v) is 8.55. The third-order valence-electron chi connectivity index (χ3n) is 1.61. The summed E-state index contributed by atoms with van der Waals surface area (Å²) in [5.74, 6) is 0.864. The second kappa shape index (κ2) is 3.95. The fourth-order valence-electron chi connectivity index (χ4n) is 0.971. The Hall–Kier alpha value is -1.12. The van der Waals surface area contributed by atoms with Crippen LogP contribution in [-0.2, 0) is 0 Å². The number of benzene rings is 1. The van der Waals surface area contributed by atoms with Crippen molar-refractivity contribution < 1.29 is 9.15 Å². The lowest BCUT2D eigenvalue weighted by Gasteiger charge is -2.00. The number of halogens is 2. The van der Waals surface area contributed by atoms with Crippen molar-refractivity contribution in [3.63, 3.8) is 0 Å². The lowest BCUT2D eigenvalue weighted by Crippen LogP contribution is -1.80. The molecule has 14 heavy (non-hydrogen) atoms. The van der Waals surface area contributed by atoms with E-state index in [2.05, 4.69) is 0 Å². The Morgan fingerprint density at radius 3 is 2.36 bits per heavy atom. The minimum absolute atomic E-state index is 0.211. The molecule has 72 valence electrons. The van der Waals surface area contributed by atoms with Crippen LogP contribution in [0, 0.1) is 0 Å². The van der Waals surface area contributed by atoms with E-state index in [0.29, 0.717) is 10.8 Å². The number of ether oxygens (including phenoxy) is 1. The van der Waals surface area contributed by atoms with Crippen molar-refractivity contribution in [3.05, 3.63) is 46.6 Å². The molecular formula is C10H6Cl2O2. The van der Waals surface area contributed by atoms with Crippen LogP contribution >= 0.6 is 23.2 Å². The predicted octanol–water partition coefficient (Wildman–Crippen LogP) is 4.38. The van der Waals surface area contributed by atoms with Crippen LogP contribution in [-0.4, -0.2) is 0 Å². The predicted molar refractivity (Wildman–Crippen MR) is 55.2 cm³/mol. The van der Waals surface area contributed by atoms with E-state index in [-0.39, 0.29) is 11.0 Å². The highest BCUT2D eigenvalue weighted by molar-refractivity contribution is 6.42. The second-order valence-electron chi connectivity index (χ2n) is 2.60. The van der Waals surface area contributed by atoms with E-state index in [0.717, 1.165) is 0 Å². The van der Waals surface area contributed by atoms with Crippen LogP contribution in [0.25, 0.3) is 0 Å². The van der Waals surface area contributed by atoms with E-state index in [4.69, 9.17) is 32.4 Å². The number of rotatable bonds is 2.